The molecule has 0 saturated carbocycles. The van der Waals surface area contributed by atoms with E-state index in [0.29, 0.717) is 13.0 Å². The predicted octanol–water partition coefficient (Wildman–Crippen LogP) is 1.70. The first kappa shape index (κ1) is 18.6. The van der Waals surface area contributed by atoms with Crippen LogP contribution in [0.2, 0.25) is 0 Å². The Morgan fingerprint density at radius 2 is 2.15 bits per heavy atom. The van der Waals surface area contributed by atoms with Gasteiger partial charge in [0.15, 0.2) is 9.84 Å². The number of rotatable bonds is 5. The molecule has 0 unspecified atom stereocenters. The van der Waals surface area contributed by atoms with Gasteiger partial charge in [0.25, 0.3) is 0 Å². The lowest BCUT2D eigenvalue weighted by Gasteiger charge is -2.23. The molecule has 1 atom stereocenters. The molecule has 3 heterocycles. The van der Waals surface area contributed by atoms with Crippen molar-refractivity contribution in [1.29, 1.82) is 0 Å². The minimum absolute atomic E-state index is 0.0423. The summed E-state index contributed by atoms with van der Waals surface area (Å²) in [6, 6.07) is -0.277. The van der Waals surface area contributed by atoms with Crippen molar-refractivity contribution in [1.82, 2.24) is 15.3 Å². The summed E-state index contributed by atoms with van der Waals surface area (Å²) in [5, 5.41) is 3.97. The van der Waals surface area contributed by atoms with Crippen LogP contribution in [0.5, 0.6) is 0 Å². The Morgan fingerprint density at radius 3 is 2.89 bits per heavy atom. The van der Waals surface area contributed by atoms with E-state index < -0.39 is 9.84 Å². The van der Waals surface area contributed by atoms with Crippen LogP contribution >= 0.6 is 11.3 Å². The highest BCUT2D eigenvalue weighted by atomic mass is 32.2. The molecule has 9 heteroatoms. The second-order valence-corrected chi connectivity index (χ2v) is 10.6. The lowest BCUT2D eigenvalue weighted by atomic mass is 9.97. The summed E-state index contributed by atoms with van der Waals surface area (Å²) in [5.41, 5.74) is 1.34. The van der Waals surface area contributed by atoms with Crippen molar-refractivity contribution in [3.05, 3.63) is 16.8 Å². The van der Waals surface area contributed by atoms with Gasteiger partial charge in [-0.25, -0.2) is 18.4 Å². The van der Waals surface area contributed by atoms with Crippen molar-refractivity contribution in [2.24, 2.45) is 0 Å². The van der Waals surface area contributed by atoms with Gasteiger partial charge >= 0.3 is 0 Å². The number of thiophene rings is 1. The first-order valence-corrected chi connectivity index (χ1v) is 12.1. The standard InChI is InChI=1S/C18H24N4O3S2/c1-2-22(9-15(23)21-12-7-8-27(24,25)10-12)17-16-13-5-3-4-6-14(13)26-18(16)20-11-19-17/h11-12H,2-10H2,1H3,(H,21,23)/t12-/m1/s1. The summed E-state index contributed by atoms with van der Waals surface area (Å²) in [5.74, 6) is 0.856. The van der Waals surface area contributed by atoms with Gasteiger partial charge in [0, 0.05) is 17.5 Å². The quantitative estimate of drug-likeness (QED) is 0.810. The number of nitrogens with one attached hydrogen (secondary N) is 1. The van der Waals surface area contributed by atoms with Gasteiger partial charge in [-0.15, -0.1) is 11.3 Å². The summed E-state index contributed by atoms with van der Waals surface area (Å²) in [6.45, 7) is 2.82. The van der Waals surface area contributed by atoms with Crippen LogP contribution in [0.3, 0.4) is 0 Å². The first-order chi connectivity index (χ1) is 13.0. The number of nitrogens with zero attached hydrogens (tertiary/aromatic N) is 3. The zero-order chi connectivity index (χ0) is 19.0. The molecule has 1 aliphatic carbocycles. The molecule has 27 heavy (non-hydrogen) atoms. The van der Waals surface area contributed by atoms with E-state index in [-0.39, 0.29) is 30.0 Å². The van der Waals surface area contributed by atoms with Crippen molar-refractivity contribution in [2.75, 3.05) is 29.5 Å². The molecule has 0 bridgehead atoms. The zero-order valence-electron chi connectivity index (χ0n) is 15.4. The number of aryl methyl sites for hydroxylation is 2. The van der Waals surface area contributed by atoms with Crippen LogP contribution in [0, 0.1) is 0 Å². The fourth-order valence-electron chi connectivity index (χ4n) is 4.01. The number of carbonyl (C=O) groups is 1. The van der Waals surface area contributed by atoms with E-state index in [2.05, 4.69) is 15.3 Å². The maximum Gasteiger partial charge on any atom is 0.239 e. The van der Waals surface area contributed by atoms with Gasteiger partial charge in [-0.2, -0.15) is 0 Å². The highest BCUT2D eigenvalue weighted by molar-refractivity contribution is 7.91. The highest BCUT2D eigenvalue weighted by Crippen LogP contribution is 2.39. The molecular formula is C18H24N4O3S2. The summed E-state index contributed by atoms with van der Waals surface area (Å²) < 4.78 is 23.2. The van der Waals surface area contributed by atoms with E-state index in [1.54, 1.807) is 17.7 Å². The van der Waals surface area contributed by atoms with Crippen LogP contribution in [0.15, 0.2) is 6.33 Å². The number of carbonyl (C=O) groups excluding carboxylic acids is 1. The van der Waals surface area contributed by atoms with E-state index in [0.717, 1.165) is 28.9 Å². The highest BCUT2D eigenvalue weighted by Gasteiger charge is 2.29. The first-order valence-electron chi connectivity index (χ1n) is 9.47. The van der Waals surface area contributed by atoms with Crippen molar-refractivity contribution >= 4 is 43.1 Å². The van der Waals surface area contributed by atoms with Crippen LogP contribution in [-0.2, 0) is 27.5 Å². The third kappa shape index (κ3) is 3.80. The summed E-state index contributed by atoms with van der Waals surface area (Å²) in [4.78, 5) is 25.8. The molecule has 0 spiro atoms. The number of hydrogen-bond acceptors (Lipinski definition) is 7. The number of aromatic nitrogens is 2. The molecule has 0 aromatic carbocycles. The molecule has 1 fully saturated rings. The molecular weight excluding hydrogens is 384 g/mol. The molecule has 4 rings (SSSR count). The van der Waals surface area contributed by atoms with E-state index in [9.17, 15) is 13.2 Å². The second-order valence-electron chi connectivity index (χ2n) is 7.27. The Bertz CT molecular complexity index is 970. The molecule has 1 amide bonds. The minimum Gasteiger partial charge on any atom is -0.351 e. The van der Waals surface area contributed by atoms with Crippen molar-refractivity contribution in [2.45, 2.75) is 45.1 Å². The fraction of sp³-hybridized carbons (Fsp3) is 0.611. The van der Waals surface area contributed by atoms with Crippen LogP contribution in [0.25, 0.3) is 10.2 Å². The van der Waals surface area contributed by atoms with Crippen molar-refractivity contribution in [3.8, 4) is 0 Å². The van der Waals surface area contributed by atoms with Crippen molar-refractivity contribution < 1.29 is 13.2 Å². The van der Waals surface area contributed by atoms with Crippen LogP contribution in [0.4, 0.5) is 5.82 Å². The minimum atomic E-state index is -3.01. The number of anilines is 1. The molecule has 1 N–H and O–H groups in total. The van der Waals surface area contributed by atoms with Crippen LogP contribution in [-0.4, -0.2) is 54.9 Å². The summed E-state index contributed by atoms with van der Waals surface area (Å²) in [7, 11) is -3.01. The van der Waals surface area contributed by atoms with Gasteiger partial charge in [-0.1, -0.05) is 0 Å². The number of fused-ring (bicyclic) bond motifs is 3. The normalized spacial score (nSPS) is 21.1. The van der Waals surface area contributed by atoms with E-state index >= 15 is 0 Å². The van der Waals surface area contributed by atoms with Gasteiger partial charge in [0.2, 0.25) is 5.91 Å². The molecule has 146 valence electrons. The molecule has 0 radical (unpaired) electrons. The SMILES string of the molecule is CCN(CC(=O)N[C@@H]1CCS(=O)(=O)C1)c1ncnc2sc3c(c12)CCCC3. The van der Waals surface area contributed by atoms with Crippen molar-refractivity contribution in [3.63, 3.8) is 0 Å². The van der Waals surface area contributed by atoms with Gasteiger partial charge < -0.3 is 10.2 Å². The van der Waals surface area contributed by atoms with Gasteiger partial charge in [-0.3, -0.25) is 4.79 Å². The molecule has 1 saturated heterocycles. The Hall–Kier alpha value is -1.74. The number of sulfone groups is 1. The van der Waals surface area contributed by atoms with Gasteiger partial charge in [0.1, 0.15) is 17.0 Å². The van der Waals surface area contributed by atoms with E-state index in [1.807, 2.05) is 11.8 Å². The third-order valence-electron chi connectivity index (χ3n) is 5.34. The molecule has 7 nitrogen and oxygen atoms in total. The molecule has 1 aliphatic heterocycles. The Kier molecular flexibility index (Phi) is 5.07. The van der Waals surface area contributed by atoms with E-state index in [1.165, 1.54) is 23.3 Å². The third-order valence-corrected chi connectivity index (χ3v) is 8.31. The van der Waals surface area contributed by atoms with E-state index in [4.69, 9.17) is 0 Å². The maximum atomic E-state index is 12.5. The number of hydrogen-bond donors (Lipinski definition) is 1. The van der Waals surface area contributed by atoms with Crippen LogP contribution in [0.1, 0.15) is 36.6 Å². The number of amides is 1. The predicted molar refractivity (Wildman–Crippen MR) is 107 cm³/mol. The van der Waals surface area contributed by atoms with Gasteiger partial charge in [-0.05, 0) is 44.6 Å². The average molecular weight is 409 g/mol. The molecule has 2 aliphatic rings. The summed E-state index contributed by atoms with van der Waals surface area (Å²) >= 11 is 1.74. The Morgan fingerprint density at radius 1 is 1.33 bits per heavy atom. The molecule has 2 aromatic heterocycles. The van der Waals surface area contributed by atoms with Crippen LogP contribution < -0.4 is 10.2 Å². The molecule has 2 aromatic rings. The largest absolute Gasteiger partial charge is 0.351 e. The Labute approximate surface area is 163 Å². The van der Waals surface area contributed by atoms with Gasteiger partial charge in [0.05, 0.1) is 23.4 Å². The number of likely N-dealkylation sites (N-methyl/N-ethyl adjacent to an activating group) is 1. The maximum absolute atomic E-state index is 12.5. The topological polar surface area (TPSA) is 92.3 Å². The monoisotopic (exact) mass is 408 g/mol. The summed E-state index contributed by atoms with van der Waals surface area (Å²) in [6.07, 6.45) is 6.60. The zero-order valence-corrected chi connectivity index (χ0v) is 17.0. The lowest BCUT2D eigenvalue weighted by Crippen LogP contribution is -2.43. The lowest BCUT2D eigenvalue weighted by molar-refractivity contribution is -0.120. The fourth-order valence-corrected chi connectivity index (χ4v) is 6.90. The average Bonchev–Trinajstić information content (AvgIpc) is 3.18. The smallest absolute Gasteiger partial charge is 0.239 e. The second kappa shape index (κ2) is 7.35. The Balaban J connectivity index is 1.56.